The Labute approximate surface area is 150 Å². The average Bonchev–Trinajstić information content (AvgIpc) is 2.61. The van der Waals surface area contributed by atoms with Gasteiger partial charge in [-0.05, 0) is 36.8 Å². The molecule has 6 heteroatoms. The van der Waals surface area contributed by atoms with E-state index in [2.05, 4.69) is 9.97 Å². The second-order valence-electron chi connectivity index (χ2n) is 6.66. The van der Waals surface area contributed by atoms with Crippen LogP contribution < -0.4 is 16.0 Å². The van der Waals surface area contributed by atoms with Gasteiger partial charge in [0.05, 0.1) is 5.39 Å². The third-order valence-corrected chi connectivity index (χ3v) is 5.00. The molecule has 1 aliphatic carbocycles. The van der Waals surface area contributed by atoms with Gasteiger partial charge in [-0.1, -0.05) is 37.3 Å². The zero-order valence-corrected chi connectivity index (χ0v) is 14.7. The number of pyridine rings is 1. The molecule has 6 nitrogen and oxygen atoms in total. The molecule has 26 heavy (non-hydrogen) atoms. The first-order valence-electron chi connectivity index (χ1n) is 9.02. The van der Waals surface area contributed by atoms with Crippen LogP contribution in [0.25, 0.3) is 11.0 Å². The van der Waals surface area contributed by atoms with Gasteiger partial charge in [-0.2, -0.15) is 4.98 Å². The molecule has 0 saturated heterocycles. The smallest absolute Gasteiger partial charge is 0.330 e. The van der Waals surface area contributed by atoms with Gasteiger partial charge in [0, 0.05) is 12.1 Å². The van der Waals surface area contributed by atoms with Crippen LogP contribution in [-0.4, -0.2) is 14.5 Å². The predicted molar refractivity (Wildman–Crippen MR) is 99.7 cm³/mol. The molecule has 2 aromatic heterocycles. The van der Waals surface area contributed by atoms with Gasteiger partial charge in [0.2, 0.25) is 5.88 Å². The summed E-state index contributed by atoms with van der Waals surface area (Å²) in [6.07, 6.45) is 3.47. The van der Waals surface area contributed by atoms with Gasteiger partial charge in [-0.25, -0.2) is 4.79 Å². The first-order chi connectivity index (χ1) is 12.7. The van der Waals surface area contributed by atoms with Crippen molar-refractivity contribution in [1.29, 1.82) is 0 Å². The minimum Gasteiger partial charge on any atom is -0.473 e. The summed E-state index contributed by atoms with van der Waals surface area (Å²) in [5.41, 5.74) is 1.54. The number of hydrogen-bond acceptors (Lipinski definition) is 4. The fourth-order valence-electron chi connectivity index (χ4n) is 3.34. The van der Waals surface area contributed by atoms with Crippen LogP contribution >= 0.6 is 0 Å². The van der Waals surface area contributed by atoms with Crippen LogP contribution in [0.4, 0.5) is 0 Å². The van der Waals surface area contributed by atoms with Crippen molar-refractivity contribution in [1.82, 2.24) is 14.5 Å². The highest BCUT2D eigenvalue weighted by atomic mass is 16.5. The van der Waals surface area contributed by atoms with E-state index < -0.39 is 0 Å². The lowest BCUT2D eigenvalue weighted by Crippen LogP contribution is -2.40. The van der Waals surface area contributed by atoms with E-state index in [1.807, 2.05) is 37.3 Å². The minimum atomic E-state index is -0.387. The first-order valence-corrected chi connectivity index (χ1v) is 9.02. The van der Waals surface area contributed by atoms with Crippen molar-refractivity contribution >= 4 is 11.0 Å². The maximum Gasteiger partial charge on any atom is 0.330 e. The number of hydrogen-bond donors (Lipinski definition) is 1. The van der Waals surface area contributed by atoms with Crippen LogP contribution in [-0.2, 0) is 13.0 Å². The van der Waals surface area contributed by atoms with E-state index in [1.165, 1.54) is 4.57 Å². The van der Waals surface area contributed by atoms with E-state index in [-0.39, 0.29) is 17.3 Å². The molecule has 3 aromatic rings. The van der Waals surface area contributed by atoms with E-state index in [0.717, 1.165) is 30.4 Å². The number of aromatic amines is 1. The van der Waals surface area contributed by atoms with Gasteiger partial charge < -0.3 is 4.74 Å². The molecular formula is C20H21N3O3. The number of aromatic nitrogens is 3. The minimum absolute atomic E-state index is 0.00867. The van der Waals surface area contributed by atoms with E-state index in [0.29, 0.717) is 29.9 Å². The third-order valence-electron chi connectivity index (χ3n) is 5.00. The molecule has 1 saturated carbocycles. The Morgan fingerprint density at radius 1 is 1.23 bits per heavy atom. The number of aryl methyl sites for hydroxylation is 1. The molecule has 0 amide bonds. The Morgan fingerprint density at radius 2 is 2.00 bits per heavy atom. The summed E-state index contributed by atoms with van der Waals surface area (Å²) in [5.74, 6) is 0.412. The zero-order valence-electron chi connectivity index (χ0n) is 14.7. The SMILES string of the molecule is CCc1cc(OCc2ccccc2)nc2[nH]c(=O)n(C3CCC3)c(=O)c12. The summed E-state index contributed by atoms with van der Waals surface area (Å²) in [6.45, 7) is 2.36. The fraction of sp³-hybridized carbons (Fsp3) is 0.350. The summed E-state index contributed by atoms with van der Waals surface area (Å²) >= 11 is 0. The molecule has 0 aliphatic heterocycles. The zero-order chi connectivity index (χ0) is 18.1. The molecule has 1 N–H and O–H groups in total. The predicted octanol–water partition coefficient (Wildman–Crippen LogP) is 2.95. The Kier molecular flexibility index (Phi) is 4.32. The second-order valence-corrected chi connectivity index (χ2v) is 6.66. The van der Waals surface area contributed by atoms with E-state index in [9.17, 15) is 9.59 Å². The standard InChI is InChI=1S/C20H21N3O3/c1-2-14-11-16(26-12-13-7-4-3-5-8-13)21-18-17(14)19(24)23(20(25)22-18)15-9-6-10-15/h3-5,7-8,11,15H,2,6,9-10,12H2,1H3,(H,21,22,25). The van der Waals surface area contributed by atoms with Crippen LogP contribution in [0.2, 0.25) is 0 Å². The molecular weight excluding hydrogens is 330 g/mol. The van der Waals surface area contributed by atoms with E-state index >= 15 is 0 Å². The lowest BCUT2D eigenvalue weighted by Gasteiger charge is -2.26. The molecule has 134 valence electrons. The van der Waals surface area contributed by atoms with Gasteiger partial charge >= 0.3 is 5.69 Å². The Bertz CT molecular complexity index is 1050. The van der Waals surface area contributed by atoms with Crippen molar-refractivity contribution in [2.45, 2.75) is 45.3 Å². The number of H-pyrrole nitrogens is 1. The molecule has 0 bridgehead atoms. The summed E-state index contributed by atoms with van der Waals surface area (Å²) in [4.78, 5) is 32.5. The number of fused-ring (bicyclic) bond motifs is 1. The third kappa shape index (κ3) is 2.92. The molecule has 0 unspecified atom stereocenters. The van der Waals surface area contributed by atoms with Crippen molar-refractivity contribution in [2.75, 3.05) is 0 Å². The van der Waals surface area contributed by atoms with Crippen LogP contribution in [0, 0.1) is 0 Å². The second kappa shape index (κ2) is 6.78. The highest BCUT2D eigenvalue weighted by Crippen LogP contribution is 2.29. The normalized spacial score (nSPS) is 14.3. The van der Waals surface area contributed by atoms with Crippen molar-refractivity contribution in [3.63, 3.8) is 0 Å². The maximum absolute atomic E-state index is 12.9. The van der Waals surface area contributed by atoms with Crippen molar-refractivity contribution in [3.8, 4) is 5.88 Å². The van der Waals surface area contributed by atoms with Crippen LogP contribution in [0.5, 0.6) is 5.88 Å². The number of nitrogens with one attached hydrogen (secondary N) is 1. The van der Waals surface area contributed by atoms with Gasteiger partial charge in [0.25, 0.3) is 5.56 Å². The summed E-state index contributed by atoms with van der Waals surface area (Å²) < 4.78 is 7.15. The van der Waals surface area contributed by atoms with Gasteiger partial charge in [-0.15, -0.1) is 0 Å². The summed E-state index contributed by atoms with van der Waals surface area (Å²) in [6, 6.07) is 11.6. The summed E-state index contributed by atoms with van der Waals surface area (Å²) in [5, 5.41) is 0.492. The number of nitrogens with zero attached hydrogens (tertiary/aromatic N) is 2. The highest BCUT2D eigenvalue weighted by molar-refractivity contribution is 5.78. The highest BCUT2D eigenvalue weighted by Gasteiger charge is 2.24. The fourth-order valence-corrected chi connectivity index (χ4v) is 3.34. The van der Waals surface area contributed by atoms with E-state index in [4.69, 9.17) is 4.74 Å². The Hall–Kier alpha value is -2.89. The quantitative estimate of drug-likeness (QED) is 0.767. The lowest BCUT2D eigenvalue weighted by molar-refractivity contribution is 0.293. The molecule has 0 atom stereocenters. The van der Waals surface area contributed by atoms with Gasteiger partial charge in [0.15, 0.2) is 5.65 Å². The van der Waals surface area contributed by atoms with Gasteiger partial charge in [-0.3, -0.25) is 14.3 Å². The average molecular weight is 351 g/mol. The van der Waals surface area contributed by atoms with Crippen molar-refractivity contribution in [3.05, 3.63) is 68.4 Å². The first kappa shape index (κ1) is 16.6. The largest absolute Gasteiger partial charge is 0.473 e. The number of ether oxygens (including phenoxy) is 1. The van der Waals surface area contributed by atoms with Crippen LogP contribution in [0.15, 0.2) is 46.0 Å². The van der Waals surface area contributed by atoms with Crippen molar-refractivity contribution in [2.24, 2.45) is 0 Å². The molecule has 0 spiro atoms. The van der Waals surface area contributed by atoms with Crippen LogP contribution in [0.1, 0.15) is 43.4 Å². The maximum atomic E-state index is 12.9. The number of benzene rings is 1. The lowest BCUT2D eigenvalue weighted by atomic mass is 9.93. The Balaban J connectivity index is 1.76. The topological polar surface area (TPSA) is 77.0 Å². The number of rotatable bonds is 5. The van der Waals surface area contributed by atoms with E-state index in [1.54, 1.807) is 6.07 Å². The van der Waals surface area contributed by atoms with Gasteiger partial charge in [0.1, 0.15) is 6.61 Å². The molecule has 0 radical (unpaired) electrons. The molecule has 4 rings (SSSR count). The molecule has 1 fully saturated rings. The molecule has 1 aliphatic rings. The van der Waals surface area contributed by atoms with Crippen molar-refractivity contribution < 1.29 is 4.74 Å². The Morgan fingerprint density at radius 3 is 2.65 bits per heavy atom. The monoisotopic (exact) mass is 351 g/mol. The molecule has 1 aromatic carbocycles. The molecule has 2 heterocycles. The summed E-state index contributed by atoms with van der Waals surface area (Å²) in [7, 11) is 0. The van der Waals surface area contributed by atoms with Crippen LogP contribution in [0.3, 0.4) is 0 Å².